The van der Waals surface area contributed by atoms with Crippen LogP contribution in [0.15, 0.2) is 0 Å². The van der Waals surface area contributed by atoms with Crippen molar-refractivity contribution >= 4 is 17.7 Å². The van der Waals surface area contributed by atoms with Crippen LogP contribution in [0.4, 0.5) is 0 Å². The fourth-order valence-electron chi connectivity index (χ4n) is 2.03. The molecule has 94 valence electrons. The third kappa shape index (κ3) is 3.37. The number of aliphatic hydroxyl groups is 1. The van der Waals surface area contributed by atoms with E-state index in [1.54, 1.807) is 11.8 Å². The quantitative estimate of drug-likeness (QED) is 0.733. The first-order valence-electron chi connectivity index (χ1n) is 5.77. The Morgan fingerprint density at radius 2 is 2.38 bits per heavy atom. The summed E-state index contributed by atoms with van der Waals surface area (Å²) in [4.78, 5) is 13.9. The standard InChI is InChI=1S/C11H22N2O2S/c1-4-8(7-16-3)13(2)11(15)10-5-9(14)6-12-10/h8-10,12,14H,4-7H2,1-3H3. The van der Waals surface area contributed by atoms with E-state index in [9.17, 15) is 9.90 Å². The first-order chi connectivity index (χ1) is 7.60. The lowest BCUT2D eigenvalue weighted by Crippen LogP contribution is -2.47. The van der Waals surface area contributed by atoms with Gasteiger partial charge >= 0.3 is 0 Å². The van der Waals surface area contributed by atoms with Gasteiger partial charge in [-0.2, -0.15) is 11.8 Å². The van der Waals surface area contributed by atoms with Gasteiger partial charge < -0.3 is 15.3 Å². The average Bonchev–Trinajstić information content (AvgIpc) is 2.70. The number of rotatable bonds is 5. The molecular formula is C11H22N2O2S. The van der Waals surface area contributed by atoms with Gasteiger partial charge in [0.25, 0.3) is 0 Å². The zero-order valence-electron chi connectivity index (χ0n) is 10.3. The number of carbonyl (C=O) groups is 1. The van der Waals surface area contributed by atoms with Crippen molar-refractivity contribution in [2.24, 2.45) is 0 Å². The molecule has 0 aliphatic carbocycles. The second kappa shape index (κ2) is 6.47. The van der Waals surface area contributed by atoms with Gasteiger partial charge in [-0.3, -0.25) is 4.79 Å². The minimum absolute atomic E-state index is 0.109. The fourth-order valence-corrected chi connectivity index (χ4v) is 2.87. The van der Waals surface area contributed by atoms with E-state index in [1.165, 1.54) is 0 Å². The first kappa shape index (κ1) is 13.8. The Morgan fingerprint density at radius 3 is 2.81 bits per heavy atom. The lowest BCUT2D eigenvalue weighted by atomic mass is 10.1. The highest BCUT2D eigenvalue weighted by molar-refractivity contribution is 7.98. The third-order valence-corrected chi connectivity index (χ3v) is 3.85. The molecule has 0 aromatic carbocycles. The predicted molar refractivity (Wildman–Crippen MR) is 67.6 cm³/mol. The number of nitrogens with zero attached hydrogens (tertiary/aromatic N) is 1. The van der Waals surface area contributed by atoms with Gasteiger partial charge in [-0.25, -0.2) is 0 Å². The number of carbonyl (C=O) groups excluding carboxylic acids is 1. The molecule has 1 aliphatic heterocycles. The van der Waals surface area contributed by atoms with Crippen LogP contribution in [0.5, 0.6) is 0 Å². The summed E-state index contributed by atoms with van der Waals surface area (Å²) in [5.74, 6) is 1.08. The van der Waals surface area contributed by atoms with E-state index in [-0.39, 0.29) is 18.1 Å². The van der Waals surface area contributed by atoms with Crippen molar-refractivity contribution in [3.63, 3.8) is 0 Å². The smallest absolute Gasteiger partial charge is 0.239 e. The maximum absolute atomic E-state index is 12.1. The summed E-state index contributed by atoms with van der Waals surface area (Å²) in [6.45, 7) is 2.63. The lowest BCUT2D eigenvalue weighted by molar-refractivity contribution is -0.133. The highest BCUT2D eigenvalue weighted by Crippen LogP contribution is 2.14. The number of hydrogen-bond acceptors (Lipinski definition) is 4. The molecule has 0 aromatic rings. The van der Waals surface area contributed by atoms with Crippen molar-refractivity contribution in [3.8, 4) is 0 Å². The van der Waals surface area contributed by atoms with Crippen LogP contribution in [0.2, 0.25) is 0 Å². The molecular weight excluding hydrogens is 224 g/mol. The molecule has 1 amide bonds. The third-order valence-electron chi connectivity index (χ3n) is 3.13. The molecule has 1 aliphatic rings. The number of thioether (sulfide) groups is 1. The zero-order chi connectivity index (χ0) is 12.1. The molecule has 0 bridgehead atoms. The Kier molecular flexibility index (Phi) is 5.58. The second-order valence-electron chi connectivity index (χ2n) is 4.32. The van der Waals surface area contributed by atoms with Crippen LogP contribution < -0.4 is 5.32 Å². The SMILES string of the molecule is CCC(CSC)N(C)C(=O)C1CC(O)CN1. The van der Waals surface area contributed by atoms with Crippen molar-refractivity contribution in [2.75, 3.05) is 25.6 Å². The molecule has 2 N–H and O–H groups in total. The van der Waals surface area contributed by atoms with Crippen LogP contribution in [0.3, 0.4) is 0 Å². The van der Waals surface area contributed by atoms with E-state index in [1.807, 2.05) is 11.9 Å². The summed E-state index contributed by atoms with van der Waals surface area (Å²) in [5, 5.41) is 12.5. The van der Waals surface area contributed by atoms with Gasteiger partial charge in [-0.15, -0.1) is 0 Å². The molecule has 3 unspecified atom stereocenters. The first-order valence-corrected chi connectivity index (χ1v) is 7.16. The van der Waals surface area contributed by atoms with Crippen LogP contribution in [0, 0.1) is 0 Å². The normalized spacial score (nSPS) is 26.8. The van der Waals surface area contributed by atoms with Crippen molar-refractivity contribution in [3.05, 3.63) is 0 Å². The summed E-state index contributed by atoms with van der Waals surface area (Å²) in [7, 11) is 1.86. The molecule has 1 rings (SSSR count). The van der Waals surface area contributed by atoms with Gasteiger partial charge in [0.05, 0.1) is 12.1 Å². The zero-order valence-corrected chi connectivity index (χ0v) is 11.1. The maximum atomic E-state index is 12.1. The molecule has 0 aromatic heterocycles. The predicted octanol–water partition coefficient (Wildman–Crippen LogP) is 0.309. The minimum Gasteiger partial charge on any atom is -0.392 e. The van der Waals surface area contributed by atoms with Crippen molar-refractivity contribution < 1.29 is 9.90 Å². The molecule has 5 heteroatoms. The molecule has 1 heterocycles. The minimum atomic E-state index is -0.372. The average molecular weight is 246 g/mol. The molecule has 16 heavy (non-hydrogen) atoms. The van der Waals surface area contributed by atoms with Crippen LogP contribution in [0.1, 0.15) is 19.8 Å². The van der Waals surface area contributed by atoms with Crippen molar-refractivity contribution in [1.82, 2.24) is 10.2 Å². The summed E-state index contributed by atoms with van der Waals surface area (Å²) in [6, 6.07) is 0.0953. The van der Waals surface area contributed by atoms with Gasteiger partial charge in [-0.05, 0) is 19.1 Å². The van der Waals surface area contributed by atoms with E-state index in [2.05, 4.69) is 18.5 Å². The lowest BCUT2D eigenvalue weighted by Gasteiger charge is -2.29. The Bertz CT molecular complexity index is 238. The van der Waals surface area contributed by atoms with Crippen molar-refractivity contribution in [1.29, 1.82) is 0 Å². The van der Waals surface area contributed by atoms with Gasteiger partial charge in [0.1, 0.15) is 0 Å². The summed E-state index contributed by atoms with van der Waals surface area (Å²) < 4.78 is 0. The summed E-state index contributed by atoms with van der Waals surface area (Å²) in [5.41, 5.74) is 0. The Labute approximate surface area is 102 Å². The van der Waals surface area contributed by atoms with Crippen LogP contribution in [0.25, 0.3) is 0 Å². The van der Waals surface area contributed by atoms with Gasteiger partial charge in [0.2, 0.25) is 5.91 Å². The number of nitrogens with one attached hydrogen (secondary N) is 1. The molecule has 0 spiro atoms. The van der Waals surface area contributed by atoms with Gasteiger partial charge in [-0.1, -0.05) is 6.92 Å². The van der Waals surface area contributed by atoms with Crippen LogP contribution in [-0.2, 0) is 4.79 Å². The molecule has 1 fully saturated rings. The molecule has 1 saturated heterocycles. The summed E-state index contributed by atoms with van der Waals surface area (Å²) >= 11 is 1.76. The van der Waals surface area contributed by atoms with E-state index in [0.29, 0.717) is 19.0 Å². The van der Waals surface area contributed by atoms with Crippen LogP contribution in [-0.4, -0.2) is 59.7 Å². The number of hydrogen-bond donors (Lipinski definition) is 2. The second-order valence-corrected chi connectivity index (χ2v) is 5.23. The van der Waals surface area contributed by atoms with Crippen LogP contribution >= 0.6 is 11.8 Å². The number of aliphatic hydroxyl groups excluding tert-OH is 1. The van der Waals surface area contributed by atoms with Gasteiger partial charge in [0, 0.05) is 25.4 Å². The molecule has 4 nitrogen and oxygen atoms in total. The van der Waals surface area contributed by atoms with Crippen molar-refractivity contribution in [2.45, 2.75) is 38.0 Å². The molecule has 3 atom stereocenters. The van der Waals surface area contributed by atoms with Gasteiger partial charge in [0.15, 0.2) is 0 Å². The monoisotopic (exact) mass is 246 g/mol. The highest BCUT2D eigenvalue weighted by Gasteiger charge is 2.31. The van der Waals surface area contributed by atoms with E-state index < -0.39 is 0 Å². The largest absolute Gasteiger partial charge is 0.392 e. The topological polar surface area (TPSA) is 52.6 Å². The number of amides is 1. The Balaban J connectivity index is 2.51. The Hall–Kier alpha value is -0.260. The maximum Gasteiger partial charge on any atom is 0.239 e. The number of β-amino-alcohol motifs (C(OH)–C–C–N with tert-alkyl or cyclic N) is 1. The van der Waals surface area contributed by atoms with E-state index in [0.717, 1.165) is 12.2 Å². The molecule has 0 saturated carbocycles. The molecule has 0 radical (unpaired) electrons. The Morgan fingerprint density at radius 1 is 1.69 bits per heavy atom. The van der Waals surface area contributed by atoms with E-state index >= 15 is 0 Å². The summed E-state index contributed by atoms with van der Waals surface area (Å²) in [6.07, 6.45) is 3.19. The fraction of sp³-hybridized carbons (Fsp3) is 0.909. The van der Waals surface area contributed by atoms with E-state index in [4.69, 9.17) is 0 Å². The highest BCUT2D eigenvalue weighted by atomic mass is 32.2. The number of likely N-dealkylation sites (N-methyl/N-ethyl adjacent to an activating group) is 1.